The topological polar surface area (TPSA) is 58.6 Å². The Morgan fingerprint density at radius 2 is 1.78 bits per heavy atom. The van der Waals surface area contributed by atoms with Crippen LogP contribution in [0.15, 0.2) is 0 Å². The maximum atomic E-state index is 11.4. The average molecular weight is 348 g/mol. The Morgan fingerprint density at radius 1 is 1.22 bits per heavy atom. The van der Waals surface area contributed by atoms with Gasteiger partial charge < -0.3 is 15.2 Å². The van der Waals surface area contributed by atoms with Gasteiger partial charge in [0, 0.05) is 11.8 Å². The molecular weight excluding hydrogens is 310 g/mol. The molecule has 23 heavy (non-hydrogen) atoms. The number of hydrogen-bond donors (Lipinski definition) is 3. The molecule has 1 saturated carbocycles. The zero-order chi connectivity index (χ0) is 17.9. The fourth-order valence-corrected chi connectivity index (χ4v) is 2.52. The van der Waals surface area contributed by atoms with Gasteiger partial charge in [-0.3, -0.25) is 0 Å². The molecule has 1 fully saturated rings. The van der Waals surface area contributed by atoms with Crippen LogP contribution >= 0.6 is 12.6 Å². The Balaban J connectivity index is 0.000000468. The van der Waals surface area contributed by atoms with Gasteiger partial charge >= 0.3 is 6.09 Å². The van der Waals surface area contributed by atoms with Crippen LogP contribution in [-0.4, -0.2) is 34.7 Å². The van der Waals surface area contributed by atoms with Gasteiger partial charge in [-0.05, 0) is 52.4 Å². The maximum Gasteiger partial charge on any atom is 0.407 e. The quantitative estimate of drug-likeness (QED) is 0.639. The highest BCUT2D eigenvalue weighted by atomic mass is 32.1. The number of rotatable bonds is 5. The molecule has 1 rings (SSSR count). The Labute approximate surface area is 148 Å². The van der Waals surface area contributed by atoms with Crippen molar-refractivity contribution in [2.75, 3.05) is 5.75 Å². The van der Waals surface area contributed by atoms with Crippen molar-refractivity contribution in [2.45, 2.75) is 97.3 Å². The molecule has 0 aliphatic heterocycles. The van der Waals surface area contributed by atoms with Gasteiger partial charge in [0.2, 0.25) is 0 Å². The largest absolute Gasteiger partial charge is 0.444 e. The molecule has 1 unspecified atom stereocenters. The van der Waals surface area contributed by atoms with E-state index >= 15 is 0 Å². The van der Waals surface area contributed by atoms with Crippen molar-refractivity contribution < 1.29 is 14.6 Å². The number of aliphatic hydroxyl groups excluding tert-OH is 1. The second-order valence-electron chi connectivity index (χ2n) is 7.79. The van der Waals surface area contributed by atoms with Gasteiger partial charge in [-0.2, -0.15) is 12.6 Å². The number of ether oxygens (including phenoxy) is 1. The Morgan fingerprint density at radius 3 is 2.22 bits per heavy atom. The summed E-state index contributed by atoms with van der Waals surface area (Å²) in [5, 5.41) is 11.9. The van der Waals surface area contributed by atoms with Crippen LogP contribution in [0.1, 0.15) is 79.6 Å². The number of hydrogen-bond acceptors (Lipinski definition) is 4. The first-order chi connectivity index (χ1) is 10.6. The lowest BCUT2D eigenvalue weighted by Gasteiger charge is -2.25. The second-order valence-corrected chi connectivity index (χ2v) is 8.15. The molecule has 4 nitrogen and oxygen atoms in total. The van der Waals surface area contributed by atoms with Crippen LogP contribution in [0.2, 0.25) is 0 Å². The van der Waals surface area contributed by atoms with Crippen LogP contribution in [0, 0.1) is 5.92 Å². The fraction of sp³-hybridized carbons (Fsp3) is 0.944. The van der Waals surface area contributed by atoms with Gasteiger partial charge in [0.15, 0.2) is 0 Å². The second kappa shape index (κ2) is 12.0. The standard InChI is InChI=1S/C11H21NO2.C7H16OS/c1-11(2,3)14-10(13)12-9-7-5-4-6-8-9;1-6(2)3-4-7(8)5-9/h9H,4-8H2,1-3H3,(H,12,13);6-9H,3-5H2,1-2H3. The number of aliphatic hydroxyl groups is 1. The highest BCUT2D eigenvalue weighted by molar-refractivity contribution is 7.80. The number of nitrogens with one attached hydrogen (secondary N) is 1. The van der Waals surface area contributed by atoms with E-state index in [0.29, 0.717) is 17.7 Å². The van der Waals surface area contributed by atoms with Crippen LogP contribution < -0.4 is 5.32 Å². The highest BCUT2D eigenvalue weighted by Crippen LogP contribution is 2.18. The lowest BCUT2D eigenvalue weighted by atomic mass is 9.96. The van der Waals surface area contributed by atoms with E-state index in [1.807, 2.05) is 20.8 Å². The molecule has 5 heteroatoms. The van der Waals surface area contributed by atoms with Gasteiger partial charge in [-0.1, -0.05) is 33.1 Å². The summed E-state index contributed by atoms with van der Waals surface area (Å²) in [7, 11) is 0. The normalized spacial score (nSPS) is 17.2. The van der Waals surface area contributed by atoms with Crippen molar-refractivity contribution in [2.24, 2.45) is 5.92 Å². The first kappa shape index (κ1) is 22.6. The fourth-order valence-electron chi connectivity index (χ4n) is 2.34. The van der Waals surface area contributed by atoms with E-state index in [2.05, 4.69) is 31.8 Å². The molecule has 1 aliphatic rings. The Hall–Kier alpha value is -0.420. The number of alkyl carbamates (subject to hydrolysis) is 1. The molecule has 0 aromatic heterocycles. The van der Waals surface area contributed by atoms with E-state index in [1.54, 1.807) is 0 Å². The molecule has 1 aliphatic carbocycles. The molecule has 138 valence electrons. The minimum atomic E-state index is -0.390. The number of carbonyl (C=O) groups is 1. The summed E-state index contributed by atoms with van der Waals surface area (Å²) in [6.07, 6.45) is 7.45. The summed E-state index contributed by atoms with van der Waals surface area (Å²) in [6, 6.07) is 0.332. The summed E-state index contributed by atoms with van der Waals surface area (Å²) in [4.78, 5) is 11.4. The van der Waals surface area contributed by atoms with Gasteiger partial charge in [0.05, 0.1) is 6.10 Å². The van der Waals surface area contributed by atoms with Crippen LogP contribution in [0.5, 0.6) is 0 Å². The number of carbonyl (C=O) groups excluding carboxylic acids is 1. The van der Waals surface area contributed by atoms with Gasteiger partial charge in [-0.15, -0.1) is 0 Å². The van der Waals surface area contributed by atoms with Crippen molar-refractivity contribution in [3.63, 3.8) is 0 Å². The zero-order valence-electron chi connectivity index (χ0n) is 15.6. The molecule has 2 N–H and O–H groups in total. The van der Waals surface area contributed by atoms with Crippen LogP contribution in [0.3, 0.4) is 0 Å². The van der Waals surface area contributed by atoms with Crippen LogP contribution in [0.25, 0.3) is 0 Å². The van der Waals surface area contributed by atoms with Gasteiger partial charge in [-0.25, -0.2) is 4.79 Å². The lowest BCUT2D eigenvalue weighted by molar-refractivity contribution is 0.0493. The average Bonchev–Trinajstić information content (AvgIpc) is 2.44. The highest BCUT2D eigenvalue weighted by Gasteiger charge is 2.20. The molecule has 0 aromatic rings. The van der Waals surface area contributed by atoms with Gasteiger partial charge in [0.25, 0.3) is 0 Å². The molecule has 1 amide bonds. The lowest BCUT2D eigenvalue weighted by Crippen LogP contribution is -2.39. The molecule has 0 bridgehead atoms. The van der Waals surface area contributed by atoms with Crippen molar-refractivity contribution in [3.8, 4) is 0 Å². The number of thiol groups is 1. The Bertz CT molecular complexity index is 310. The van der Waals surface area contributed by atoms with Crippen molar-refractivity contribution in [1.29, 1.82) is 0 Å². The van der Waals surface area contributed by atoms with E-state index in [9.17, 15) is 4.79 Å². The zero-order valence-corrected chi connectivity index (χ0v) is 16.5. The molecule has 0 saturated heterocycles. The van der Waals surface area contributed by atoms with E-state index in [-0.39, 0.29) is 12.2 Å². The first-order valence-corrected chi connectivity index (χ1v) is 9.55. The van der Waals surface area contributed by atoms with Crippen LogP contribution in [0.4, 0.5) is 4.79 Å². The first-order valence-electron chi connectivity index (χ1n) is 8.92. The SMILES string of the molecule is CC(C)(C)OC(=O)NC1CCCCC1.CC(C)CCC(O)CS. The number of amides is 1. The Kier molecular flexibility index (Phi) is 11.8. The minimum Gasteiger partial charge on any atom is -0.444 e. The van der Waals surface area contributed by atoms with Crippen molar-refractivity contribution in [3.05, 3.63) is 0 Å². The third-order valence-corrected chi connectivity index (χ3v) is 4.04. The molecule has 1 atom stereocenters. The van der Waals surface area contributed by atoms with Crippen molar-refractivity contribution in [1.82, 2.24) is 5.32 Å². The summed E-state index contributed by atoms with van der Waals surface area (Å²) in [5.74, 6) is 1.28. The summed E-state index contributed by atoms with van der Waals surface area (Å²) in [5.41, 5.74) is -0.390. The van der Waals surface area contributed by atoms with E-state index in [0.717, 1.165) is 25.7 Å². The molecule has 0 radical (unpaired) electrons. The van der Waals surface area contributed by atoms with Crippen LogP contribution in [-0.2, 0) is 4.74 Å². The summed E-state index contributed by atoms with van der Waals surface area (Å²) < 4.78 is 5.19. The predicted octanol–water partition coefficient (Wildman–Crippen LogP) is 4.56. The molecule has 0 spiro atoms. The molecular formula is C18H37NO3S. The van der Waals surface area contributed by atoms with E-state index < -0.39 is 5.60 Å². The summed E-state index contributed by atoms with van der Waals surface area (Å²) >= 11 is 3.97. The van der Waals surface area contributed by atoms with E-state index in [4.69, 9.17) is 9.84 Å². The minimum absolute atomic E-state index is 0.198. The molecule has 0 heterocycles. The third-order valence-electron chi connectivity index (χ3n) is 3.61. The predicted molar refractivity (Wildman–Crippen MR) is 100 cm³/mol. The van der Waals surface area contributed by atoms with Crippen molar-refractivity contribution >= 4 is 18.7 Å². The monoisotopic (exact) mass is 347 g/mol. The van der Waals surface area contributed by atoms with Gasteiger partial charge in [0.1, 0.15) is 5.60 Å². The third kappa shape index (κ3) is 14.9. The smallest absolute Gasteiger partial charge is 0.407 e. The molecule has 0 aromatic carbocycles. The summed E-state index contributed by atoms with van der Waals surface area (Å²) in [6.45, 7) is 9.96. The van der Waals surface area contributed by atoms with E-state index in [1.165, 1.54) is 19.3 Å². The maximum absolute atomic E-state index is 11.4.